The van der Waals surface area contributed by atoms with E-state index >= 15 is 0 Å². The summed E-state index contributed by atoms with van der Waals surface area (Å²) in [5, 5.41) is 17.5. The lowest BCUT2D eigenvalue weighted by Gasteiger charge is -2.24. The van der Waals surface area contributed by atoms with Gasteiger partial charge >= 0.3 is 0 Å². The van der Waals surface area contributed by atoms with Crippen LogP contribution in [0.25, 0.3) is 0 Å². The fourth-order valence-corrected chi connectivity index (χ4v) is 0.132. The van der Waals surface area contributed by atoms with Crippen LogP contribution in [0.2, 0.25) is 0 Å². The van der Waals surface area contributed by atoms with E-state index in [0.29, 0.717) is 0 Å². The third kappa shape index (κ3) is 3.49. The van der Waals surface area contributed by atoms with E-state index in [9.17, 15) is 0 Å². The maximum Gasteiger partial charge on any atom is 0.0584 e. The van der Waals surface area contributed by atoms with Gasteiger partial charge in [-0.15, -0.1) is 0 Å². The predicted molar refractivity (Wildman–Crippen MR) is 39.3 cm³/mol. The minimum atomic E-state index is -0.438. The van der Waals surface area contributed by atoms with Crippen molar-refractivity contribution < 1.29 is 10.2 Å². The summed E-state index contributed by atoms with van der Waals surface area (Å²) in [4.78, 5) is 0. The highest BCUT2D eigenvalue weighted by atomic mass is 16.3. The Bertz CT molecular complexity index is 67.3. The van der Waals surface area contributed by atoms with E-state index < -0.39 is 6.10 Å². The maximum atomic E-state index is 8.92. The van der Waals surface area contributed by atoms with Crippen molar-refractivity contribution in [2.45, 2.75) is 34.3 Å². The maximum absolute atomic E-state index is 8.92. The first kappa shape index (κ1) is 11.7. The third-order valence-corrected chi connectivity index (χ3v) is 1.54. The Morgan fingerprint density at radius 3 is 1.78 bits per heavy atom. The van der Waals surface area contributed by atoms with Crippen molar-refractivity contribution >= 4 is 0 Å². The molecule has 1 unspecified atom stereocenters. The van der Waals surface area contributed by atoms with Gasteiger partial charge in [-0.25, -0.2) is 0 Å². The first-order valence-corrected chi connectivity index (χ1v) is 2.79. The van der Waals surface area contributed by atoms with E-state index in [2.05, 4.69) is 0 Å². The second kappa shape index (κ2) is 3.85. The zero-order chi connectivity index (χ0) is 6.78. The summed E-state index contributed by atoms with van der Waals surface area (Å²) in [5.41, 5.74) is -0.347. The van der Waals surface area contributed by atoms with Gasteiger partial charge in [0, 0.05) is 5.41 Å². The van der Waals surface area contributed by atoms with Crippen LogP contribution in [0, 0.1) is 5.41 Å². The Hall–Kier alpha value is -0.0800. The van der Waals surface area contributed by atoms with E-state index in [0.717, 1.165) is 0 Å². The van der Waals surface area contributed by atoms with Crippen LogP contribution in [0.3, 0.4) is 0 Å². The molecule has 9 heavy (non-hydrogen) atoms. The van der Waals surface area contributed by atoms with Gasteiger partial charge in [0.25, 0.3) is 0 Å². The zero-order valence-corrected chi connectivity index (χ0v) is 5.68. The average molecular weight is 134 g/mol. The normalized spacial score (nSPS) is 14.3. The topological polar surface area (TPSA) is 40.5 Å². The molecule has 0 amide bonds. The molecule has 0 rings (SSSR count). The number of rotatable bonds is 2. The Morgan fingerprint density at radius 2 is 1.78 bits per heavy atom. The second-order valence-electron chi connectivity index (χ2n) is 2.82. The van der Waals surface area contributed by atoms with Crippen molar-refractivity contribution in [2.24, 2.45) is 5.41 Å². The molecule has 0 saturated carbocycles. The molecule has 0 aliphatic heterocycles. The summed E-state index contributed by atoms with van der Waals surface area (Å²) in [6.45, 7) is 5.34. The van der Waals surface area contributed by atoms with Gasteiger partial charge < -0.3 is 10.2 Å². The van der Waals surface area contributed by atoms with Crippen molar-refractivity contribution in [2.75, 3.05) is 6.61 Å². The lowest BCUT2D eigenvalue weighted by molar-refractivity contribution is 0.0202. The fraction of sp³-hybridized carbons (Fsp3) is 1.00. The molecular weight excluding hydrogens is 116 g/mol. The van der Waals surface area contributed by atoms with Gasteiger partial charge in [0.15, 0.2) is 0 Å². The molecule has 0 radical (unpaired) electrons. The van der Waals surface area contributed by atoms with Gasteiger partial charge in [0.2, 0.25) is 0 Å². The minimum absolute atomic E-state index is 0. The second-order valence-corrected chi connectivity index (χ2v) is 2.82. The highest BCUT2D eigenvalue weighted by Gasteiger charge is 2.22. The van der Waals surface area contributed by atoms with E-state index in [-0.39, 0.29) is 19.4 Å². The Morgan fingerprint density at radius 1 is 1.44 bits per heavy atom. The summed E-state index contributed by atoms with van der Waals surface area (Å²) in [6, 6.07) is 0. The average Bonchev–Trinajstić information content (AvgIpc) is 1.67. The van der Waals surface area contributed by atoms with Crippen molar-refractivity contribution in [3.63, 3.8) is 0 Å². The molecule has 0 aliphatic rings. The van der Waals surface area contributed by atoms with Gasteiger partial charge in [-0.05, 0) is 6.92 Å². The molecule has 58 valence electrons. The summed E-state index contributed by atoms with van der Waals surface area (Å²) < 4.78 is 0. The summed E-state index contributed by atoms with van der Waals surface area (Å²) in [6.07, 6.45) is -0.438. The summed E-state index contributed by atoms with van der Waals surface area (Å²) in [7, 11) is 0. The van der Waals surface area contributed by atoms with Gasteiger partial charge in [-0.3, -0.25) is 0 Å². The first-order valence-electron chi connectivity index (χ1n) is 2.79. The van der Waals surface area contributed by atoms with Gasteiger partial charge in [0.05, 0.1) is 12.7 Å². The molecule has 0 aromatic carbocycles. The Labute approximate surface area is 57.5 Å². The molecule has 0 aromatic rings. The summed E-state index contributed by atoms with van der Waals surface area (Å²) >= 11 is 0. The van der Waals surface area contributed by atoms with Crippen LogP contribution in [0.1, 0.15) is 28.2 Å². The molecule has 0 spiro atoms. The van der Waals surface area contributed by atoms with Gasteiger partial charge in [-0.1, -0.05) is 21.3 Å². The number of hydrogen-bond donors (Lipinski definition) is 2. The van der Waals surface area contributed by atoms with Gasteiger partial charge in [0.1, 0.15) is 0 Å². The largest absolute Gasteiger partial charge is 0.396 e. The highest BCUT2D eigenvalue weighted by Crippen LogP contribution is 2.17. The van der Waals surface area contributed by atoms with E-state index in [1.807, 2.05) is 13.8 Å². The van der Waals surface area contributed by atoms with Crippen LogP contribution in [-0.2, 0) is 0 Å². The van der Waals surface area contributed by atoms with Crippen molar-refractivity contribution in [1.29, 1.82) is 0 Å². The fourth-order valence-electron chi connectivity index (χ4n) is 0.132. The Kier molecular flexibility index (Phi) is 5.00. The zero-order valence-electron chi connectivity index (χ0n) is 5.68. The molecule has 0 heterocycles. The monoisotopic (exact) mass is 134 g/mol. The molecule has 2 N–H and O–H groups in total. The van der Waals surface area contributed by atoms with Gasteiger partial charge in [-0.2, -0.15) is 0 Å². The Balaban J connectivity index is 0. The quantitative estimate of drug-likeness (QED) is 0.592. The molecule has 2 nitrogen and oxygen atoms in total. The number of aliphatic hydroxyl groups excluding tert-OH is 2. The molecule has 0 aliphatic carbocycles. The highest BCUT2D eigenvalue weighted by molar-refractivity contribution is 4.72. The van der Waals surface area contributed by atoms with Crippen molar-refractivity contribution in [3.8, 4) is 0 Å². The first-order chi connectivity index (χ1) is 3.50. The van der Waals surface area contributed by atoms with Crippen LogP contribution in [0.4, 0.5) is 0 Å². The molecular formula is C7H18O2. The van der Waals surface area contributed by atoms with E-state index in [4.69, 9.17) is 10.2 Å². The predicted octanol–water partition coefficient (Wildman–Crippen LogP) is 1.02. The van der Waals surface area contributed by atoms with Crippen LogP contribution in [0.15, 0.2) is 0 Å². The number of aliphatic hydroxyl groups is 2. The standard InChI is InChI=1S/C6H14O2.CH4/c1-5(8)6(2,3)4-7;/h5,7-8H,4H2,1-3H3;1H4. The third-order valence-electron chi connectivity index (χ3n) is 1.54. The van der Waals surface area contributed by atoms with E-state index in [1.54, 1.807) is 6.92 Å². The van der Waals surface area contributed by atoms with Crippen LogP contribution in [-0.4, -0.2) is 22.9 Å². The van der Waals surface area contributed by atoms with Crippen molar-refractivity contribution in [1.82, 2.24) is 0 Å². The SMILES string of the molecule is C.CC(O)C(C)(C)CO. The summed E-state index contributed by atoms with van der Waals surface area (Å²) in [5.74, 6) is 0. The molecule has 1 atom stereocenters. The molecule has 0 aromatic heterocycles. The molecule has 0 fully saturated rings. The van der Waals surface area contributed by atoms with E-state index in [1.165, 1.54) is 0 Å². The smallest absolute Gasteiger partial charge is 0.0584 e. The van der Waals surface area contributed by atoms with Crippen LogP contribution < -0.4 is 0 Å². The lowest BCUT2D eigenvalue weighted by Crippen LogP contribution is -2.29. The molecule has 2 heteroatoms. The minimum Gasteiger partial charge on any atom is -0.396 e. The van der Waals surface area contributed by atoms with Crippen LogP contribution in [0.5, 0.6) is 0 Å². The van der Waals surface area contributed by atoms with Crippen molar-refractivity contribution in [3.05, 3.63) is 0 Å². The molecule has 0 bridgehead atoms. The van der Waals surface area contributed by atoms with Crippen LogP contribution >= 0.6 is 0 Å². The lowest BCUT2D eigenvalue weighted by atomic mass is 9.89. The number of hydrogen-bond acceptors (Lipinski definition) is 2. The molecule has 0 saturated heterocycles.